The molecule has 3 aromatic carbocycles. The van der Waals surface area contributed by atoms with E-state index in [9.17, 15) is 18.8 Å². The Kier molecular flexibility index (Phi) is 7.97. The average Bonchev–Trinajstić information content (AvgIpc) is 3.19. The molecule has 9 heteroatoms. The van der Waals surface area contributed by atoms with Gasteiger partial charge < -0.3 is 14.4 Å². The molecule has 1 fully saturated rings. The first kappa shape index (κ1) is 26.5. The Labute approximate surface area is 230 Å². The van der Waals surface area contributed by atoms with Gasteiger partial charge in [0.25, 0.3) is 11.1 Å². The van der Waals surface area contributed by atoms with Gasteiger partial charge in [0.05, 0.1) is 11.5 Å². The zero-order valence-corrected chi connectivity index (χ0v) is 22.2. The molecular weight excluding hydrogens is 519 g/mol. The number of benzene rings is 3. The van der Waals surface area contributed by atoms with E-state index in [1.165, 1.54) is 17.7 Å². The molecule has 7 nitrogen and oxygen atoms in total. The number of rotatable bonds is 8. The van der Waals surface area contributed by atoms with Crippen molar-refractivity contribution in [2.75, 3.05) is 19.7 Å². The van der Waals surface area contributed by atoms with Gasteiger partial charge >= 0.3 is 0 Å². The van der Waals surface area contributed by atoms with Crippen LogP contribution in [0.5, 0.6) is 11.5 Å². The van der Waals surface area contributed by atoms with Crippen molar-refractivity contribution in [3.63, 3.8) is 0 Å². The molecule has 0 N–H and O–H groups in total. The van der Waals surface area contributed by atoms with Gasteiger partial charge in [-0.3, -0.25) is 19.3 Å². The summed E-state index contributed by atoms with van der Waals surface area (Å²) in [7, 11) is 0. The Hall–Kier alpha value is -4.11. The number of halogens is 1. The van der Waals surface area contributed by atoms with Gasteiger partial charge in [0.15, 0.2) is 11.5 Å². The number of amides is 3. The second-order valence-electron chi connectivity index (χ2n) is 9.16. The van der Waals surface area contributed by atoms with Crippen LogP contribution in [0.1, 0.15) is 29.2 Å². The Morgan fingerprint density at radius 2 is 1.82 bits per heavy atom. The van der Waals surface area contributed by atoms with Crippen LogP contribution in [0, 0.1) is 5.82 Å². The number of imide groups is 1. The van der Waals surface area contributed by atoms with Gasteiger partial charge in [0, 0.05) is 13.1 Å². The van der Waals surface area contributed by atoms with E-state index in [-0.39, 0.29) is 29.8 Å². The van der Waals surface area contributed by atoms with E-state index >= 15 is 0 Å². The fourth-order valence-corrected chi connectivity index (χ4v) is 5.36. The minimum Gasteiger partial charge on any atom is -0.490 e. The van der Waals surface area contributed by atoms with Crippen molar-refractivity contribution in [3.8, 4) is 11.5 Å². The molecule has 3 aromatic rings. The van der Waals surface area contributed by atoms with Gasteiger partial charge in [-0.05, 0) is 77.7 Å². The number of nitrogens with zero attached hydrogens (tertiary/aromatic N) is 2. The topological polar surface area (TPSA) is 76.2 Å². The molecule has 3 amide bonds. The third-order valence-electron chi connectivity index (χ3n) is 6.50. The quantitative estimate of drug-likeness (QED) is 0.351. The summed E-state index contributed by atoms with van der Waals surface area (Å²) in [6.45, 7) is 3.12. The molecular formula is C30H27FN2O5S. The Morgan fingerprint density at radius 1 is 1.00 bits per heavy atom. The summed E-state index contributed by atoms with van der Waals surface area (Å²) in [4.78, 5) is 41.6. The minimum absolute atomic E-state index is 0.159. The molecule has 0 aliphatic carbocycles. The lowest BCUT2D eigenvalue weighted by Gasteiger charge is -2.29. The van der Waals surface area contributed by atoms with Gasteiger partial charge in [-0.25, -0.2) is 4.39 Å². The van der Waals surface area contributed by atoms with E-state index in [0.717, 1.165) is 28.6 Å². The molecule has 2 aliphatic heterocycles. The van der Waals surface area contributed by atoms with Crippen LogP contribution in [0.4, 0.5) is 9.18 Å². The van der Waals surface area contributed by atoms with Crippen molar-refractivity contribution < 1.29 is 28.2 Å². The van der Waals surface area contributed by atoms with Gasteiger partial charge in [-0.2, -0.15) is 0 Å². The fourth-order valence-electron chi connectivity index (χ4n) is 4.52. The maximum Gasteiger partial charge on any atom is 0.294 e. The summed E-state index contributed by atoms with van der Waals surface area (Å²) in [5.41, 5.74) is 3.62. The molecule has 2 heterocycles. The number of thioether (sulfide) groups is 1. The third-order valence-corrected chi connectivity index (χ3v) is 7.41. The molecule has 2 aliphatic rings. The highest BCUT2D eigenvalue weighted by Gasteiger charge is 2.37. The van der Waals surface area contributed by atoms with Crippen molar-refractivity contribution in [1.29, 1.82) is 0 Å². The molecule has 0 unspecified atom stereocenters. The maximum atomic E-state index is 13.5. The van der Waals surface area contributed by atoms with Crippen LogP contribution in [0.15, 0.2) is 71.6 Å². The van der Waals surface area contributed by atoms with E-state index in [0.29, 0.717) is 42.3 Å². The van der Waals surface area contributed by atoms with E-state index in [4.69, 9.17) is 9.47 Å². The van der Waals surface area contributed by atoms with Gasteiger partial charge in [-0.1, -0.05) is 42.5 Å². The fraction of sp³-hybridized carbons (Fsp3) is 0.233. The summed E-state index contributed by atoms with van der Waals surface area (Å²) < 4.78 is 25.0. The second-order valence-corrected chi connectivity index (χ2v) is 10.2. The standard InChI is InChI=1S/C30H27FN2O5S/c1-2-37-26-15-20(10-11-25(26)38-19-21-6-5-9-24(31)14-21)16-27-29(35)33(30(36)39-27)18-28(34)32-13-12-22-7-3-4-8-23(22)17-32/h3-11,14-16H,2,12-13,17-19H2,1H3/b27-16-. The highest BCUT2D eigenvalue weighted by atomic mass is 32.2. The Morgan fingerprint density at radius 3 is 2.62 bits per heavy atom. The van der Waals surface area contributed by atoms with Crippen molar-refractivity contribution in [2.24, 2.45) is 0 Å². The number of carbonyl (C=O) groups excluding carboxylic acids is 3. The first-order valence-corrected chi connectivity index (χ1v) is 13.5. The largest absolute Gasteiger partial charge is 0.490 e. The summed E-state index contributed by atoms with van der Waals surface area (Å²) >= 11 is 0.806. The molecule has 5 rings (SSSR count). The van der Waals surface area contributed by atoms with Crippen LogP contribution in [0.2, 0.25) is 0 Å². The van der Waals surface area contributed by atoms with E-state index in [1.807, 2.05) is 25.1 Å². The summed E-state index contributed by atoms with van der Waals surface area (Å²) in [6.07, 6.45) is 2.35. The molecule has 0 spiro atoms. The molecule has 0 aromatic heterocycles. The Bertz CT molecular complexity index is 1460. The van der Waals surface area contributed by atoms with Crippen LogP contribution in [-0.2, 0) is 29.2 Å². The number of carbonyl (C=O) groups is 3. The Balaban J connectivity index is 1.26. The van der Waals surface area contributed by atoms with Gasteiger partial charge in [-0.15, -0.1) is 0 Å². The number of hydrogen-bond donors (Lipinski definition) is 0. The molecule has 200 valence electrons. The monoisotopic (exact) mass is 546 g/mol. The molecule has 0 saturated carbocycles. The zero-order valence-electron chi connectivity index (χ0n) is 21.4. The van der Waals surface area contributed by atoms with Crippen molar-refractivity contribution in [1.82, 2.24) is 9.80 Å². The SMILES string of the molecule is CCOc1cc(/C=C2\SC(=O)N(CC(=O)N3CCc4ccccc4C3)C2=O)ccc1OCc1cccc(F)c1. The lowest BCUT2D eigenvalue weighted by Crippen LogP contribution is -2.44. The van der Waals surface area contributed by atoms with E-state index in [1.54, 1.807) is 41.3 Å². The van der Waals surface area contributed by atoms with Crippen LogP contribution < -0.4 is 9.47 Å². The molecule has 39 heavy (non-hydrogen) atoms. The minimum atomic E-state index is -0.500. The molecule has 0 radical (unpaired) electrons. The summed E-state index contributed by atoms with van der Waals surface area (Å²) in [5.74, 6) is -0.164. The van der Waals surface area contributed by atoms with Crippen molar-refractivity contribution in [2.45, 2.75) is 26.5 Å². The maximum absolute atomic E-state index is 13.5. The van der Waals surface area contributed by atoms with E-state index < -0.39 is 11.1 Å². The average molecular weight is 547 g/mol. The third kappa shape index (κ3) is 6.15. The highest BCUT2D eigenvalue weighted by Crippen LogP contribution is 2.35. The van der Waals surface area contributed by atoms with Crippen LogP contribution in [0.25, 0.3) is 6.08 Å². The number of hydrogen-bond acceptors (Lipinski definition) is 6. The highest BCUT2D eigenvalue weighted by molar-refractivity contribution is 8.18. The van der Waals surface area contributed by atoms with Crippen molar-refractivity contribution in [3.05, 3.63) is 99.7 Å². The second kappa shape index (κ2) is 11.7. The van der Waals surface area contributed by atoms with E-state index in [2.05, 4.69) is 6.07 Å². The predicted molar refractivity (Wildman–Crippen MR) is 147 cm³/mol. The molecule has 0 atom stereocenters. The molecule has 0 bridgehead atoms. The lowest BCUT2D eigenvalue weighted by atomic mass is 10.00. The van der Waals surface area contributed by atoms with Crippen LogP contribution in [0.3, 0.4) is 0 Å². The predicted octanol–water partition coefficient (Wildman–Crippen LogP) is 5.42. The van der Waals surface area contributed by atoms with Crippen LogP contribution >= 0.6 is 11.8 Å². The van der Waals surface area contributed by atoms with Crippen molar-refractivity contribution >= 4 is 34.9 Å². The lowest BCUT2D eigenvalue weighted by molar-refractivity contribution is -0.136. The number of fused-ring (bicyclic) bond motifs is 1. The first-order valence-electron chi connectivity index (χ1n) is 12.7. The van der Waals surface area contributed by atoms with Gasteiger partial charge in [0.1, 0.15) is 19.0 Å². The van der Waals surface area contributed by atoms with Gasteiger partial charge in [0.2, 0.25) is 5.91 Å². The summed E-state index contributed by atoms with van der Waals surface area (Å²) in [5, 5.41) is -0.475. The zero-order chi connectivity index (χ0) is 27.4. The normalized spacial score (nSPS) is 16.0. The molecule has 1 saturated heterocycles. The number of ether oxygens (including phenoxy) is 2. The smallest absolute Gasteiger partial charge is 0.294 e. The van der Waals surface area contributed by atoms with Crippen LogP contribution in [-0.4, -0.2) is 46.5 Å². The summed E-state index contributed by atoms with van der Waals surface area (Å²) in [6, 6.07) is 19.3. The first-order chi connectivity index (χ1) is 18.9.